The Kier molecular flexibility index (Phi) is 10.2. The monoisotopic (exact) mass is 601 g/mol. The lowest BCUT2D eigenvalue weighted by Crippen LogP contribution is -2.40. The summed E-state index contributed by atoms with van der Waals surface area (Å²) in [5.41, 5.74) is 2.68. The van der Waals surface area contributed by atoms with Crippen molar-refractivity contribution >= 4 is 26.3 Å². The van der Waals surface area contributed by atoms with Gasteiger partial charge in [0.05, 0.1) is 16.4 Å². The second-order valence-electron chi connectivity index (χ2n) is 10.2. The molecule has 1 saturated heterocycles. The minimum absolute atomic E-state index is 0.0166. The molecular weight excluding hydrogens is 566 g/mol. The van der Waals surface area contributed by atoms with Crippen molar-refractivity contribution in [1.82, 2.24) is 4.90 Å². The van der Waals surface area contributed by atoms with E-state index in [1.54, 1.807) is 29.2 Å². The van der Waals surface area contributed by atoms with Crippen LogP contribution in [0.2, 0.25) is 0 Å². The molecule has 3 aromatic carbocycles. The summed E-state index contributed by atoms with van der Waals surface area (Å²) < 4.78 is 68.0. The number of ether oxygens (including phenoxy) is 1. The molecule has 220 valence electrons. The number of hydrogen-bond donors (Lipinski definition) is 0. The Balaban J connectivity index is 1.39. The van der Waals surface area contributed by atoms with Gasteiger partial charge in [-0.2, -0.15) is 16.8 Å². The van der Waals surface area contributed by atoms with Crippen molar-refractivity contribution in [2.45, 2.75) is 55.6 Å². The van der Waals surface area contributed by atoms with Gasteiger partial charge < -0.3 is 9.64 Å². The Bertz CT molecular complexity index is 1500. The fraction of sp³-hybridized carbons (Fsp3) is 0.367. The van der Waals surface area contributed by atoms with Crippen molar-refractivity contribution in [2.75, 3.05) is 19.7 Å². The maximum Gasteiger partial charge on any atom is 0.410 e. The molecule has 4 rings (SSSR count). The van der Waals surface area contributed by atoms with E-state index in [4.69, 9.17) is 13.1 Å². The summed E-state index contributed by atoms with van der Waals surface area (Å²) in [4.78, 5) is 14.1. The molecule has 0 N–H and O–H groups in total. The van der Waals surface area contributed by atoms with Crippen molar-refractivity contribution in [3.8, 4) is 0 Å². The molecule has 11 heteroatoms. The molecule has 0 radical (unpaired) electrons. The lowest BCUT2D eigenvalue weighted by atomic mass is 9.91. The van der Waals surface area contributed by atoms with Gasteiger partial charge >= 0.3 is 6.09 Å². The summed E-state index contributed by atoms with van der Waals surface area (Å²) in [5, 5.41) is 0. The summed E-state index contributed by atoms with van der Waals surface area (Å²) >= 11 is 0. The van der Waals surface area contributed by atoms with Gasteiger partial charge in [-0.3, -0.25) is 8.37 Å². The van der Waals surface area contributed by atoms with Gasteiger partial charge in [0.2, 0.25) is 0 Å². The molecule has 1 aliphatic rings. The predicted molar refractivity (Wildman–Crippen MR) is 153 cm³/mol. The fourth-order valence-electron chi connectivity index (χ4n) is 4.55. The van der Waals surface area contributed by atoms with E-state index in [0.29, 0.717) is 25.9 Å². The van der Waals surface area contributed by atoms with Crippen LogP contribution < -0.4 is 0 Å². The first-order chi connectivity index (χ1) is 19.5. The van der Waals surface area contributed by atoms with E-state index in [1.165, 1.54) is 24.3 Å². The molecule has 1 amide bonds. The van der Waals surface area contributed by atoms with Gasteiger partial charge in [-0.1, -0.05) is 65.7 Å². The van der Waals surface area contributed by atoms with Crippen molar-refractivity contribution in [1.29, 1.82) is 0 Å². The SMILES string of the molecule is Cc1ccc(S(=O)(=O)OC[C@H](CC2CCN(C(=O)OCc3ccccc3)CC2)OS(=O)(=O)c2ccc(C)cc2)cc1. The molecule has 0 saturated carbocycles. The largest absolute Gasteiger partial charge is 0.445 e. The number of benzene rings is 3. The molecule has 1 heterocycles. The second kappa shape index (κ2) is 13.6. The molecule has 0 unspecified atom stereocenters. The Labute approximate surface area is 242 Å². The third-order valence-electron chi connectivity index (χ3n) is 6.97. The summed E-state index contributed by atoms with van der Waals surface area (Å²) in [6.07, 6.45) is -0.0651. The van der Waals surface area contributed by atoms with Crippen LogP contribution in [0.15, 0.2) is 88.7 Å². The Morgan fingerprint density at radius 2 is 1.34 bits per heavy atom. The van der Waals surface area contributed by atoms with Gasteiger partial charge in [-0.15, -0.1) is 0 Å². The topological polar surface area (TPSA) is 116 Å². The van der Waals surface area contributed by atoms with Crippen molar-refractivity contribution in [3.63, 3.8) is 0 Å². The van der Waals surface area contributed by atoms with Crippen molar-refractivity contribution in [3.05, 3.63) is 95.6 Å². The van der Waals surface area contributed by atoms with Crippen LogP contribution in [0.3, 0.4) is 0 Å². The van der Waals surface area contributed by atoms with Crippen LogP contribution >= 0.6 is 0 Å². The normalized spacial score (nSPS) is 15.4. The molecule has 0 aromatic heterocycles. The molecule has 1 fully saturated rings. The van der Waals surface area contributed by atoms with Gasteiger partial charge in [-0.05, 0) is 68.9 Å². The molecule has 1 aliphatic heterocycles. The van der Waals surface area contributed by atoms with E-state index in [9.17, 15) is 21.6 Å². The number of carbonyl (C=O) groups is 1. The standard InChI is InChI=1S/C30H35NO8S2/c1-23-8-12-28(13-9-23)40(33,34)38-22-27(39-41(35,36)29-14-10-24(2)11-15-29)20-25-16-18-31(19-17-25)30(32)37-21-26-6-4-3-5-7-26/h3-15,25,27H,16-22H2,1-2H3/t27-/m0/s1. The van der Waals surface area contributed by atoms with Crippen molar-refractivity contribution in [2.24, 2.45) is 5.92 Å². The number of likely N-dealkylation sites (tertiary alicyclic amines) is 1. The van der Waals surface area contributed by atoms with E-state index in [-0.39, 0.29) is 28.7 Å². The number of nitrogens with zero attached hydrogens (tertiary/aromatic N) is 1. The number of piperidine rings is 1. The number of rotatable bonds is 11. The number of hydrogen-bond acceptors (Lipinski definition) is 8. The van der Waals surface area contributed by atoms with Gasteiger partial charge in [0.1, 0.15) is 12.7 Å². The van der Waals surface area contributed by atoms with Gasteiger partial charge in [-0.25, -0.2) is 4.79 Å². The van der Waals surface area contributed by atoms with Gasteiger partial charge in [0.25, 0.3) is 20.2 Å². The minimum atomic E-state index is -4.18. The quantitative estimate of drug-likeness (QED) is 0.275. The Morgan fingerprint density at radius 3 is 1.90 bits per heavy atom. The third kappa shape index (κ3) is 8.87. The zero-order valence-corrected chi connectivity index (χ0v) is 24.8. The zero-order chi connectivity index (χ0) is 29.5. The third-order valence-corrected chi connectivity index (χ3v) is 9.64. The maximum atomic E-state index is 13.1. The zero-order valence-electron chi connectivity index (χ0n) is 23.1. The molecule has 3 aromatic rings. The molecule has 0 spiro atoms. The van der Waals surface area contributed by atoms with E-state index in [1.807, 2.05) is 44.2 Å². The summed E-state index contributed by atoms with van der Waals surface area (Å²) in [6.45, 7) is 4.25. The first kappa shape index (κ1) is 30.7. The summed E-state index contributed by atoms with van der Waals surface area (Å²) in [5.74, 6) is -0.0166. The molecular formula is C30H35NO8S2. The Morgan fingerprint density at radius 1 is 0.805 bits per heavy atom. The van der Waals surface area contributed by atoms with Crippen LogP contribution in [-0.4, -0.2) is 53.6 Å². The predicted octanol–water partition coefficient (Wildman–Crippen LogP) is 5.22. The van der Waals surface area contributed by atoms with E-state index < -0.39 is 39.0 Å². The highest BCUT2D eigenvalue weighted by Crippen LogP contribution is 2.27. The van der Waals surface area contributed by atoms with Crippen LogP contribution in [-0.2, 0) is 39.9 Å². The van der Waals surface area contributed by atoms with Gasteiger partial charge in [0.15, 0.2) is 0 Å². The summed E-state index contributed by atoms with van der Waals surface area (Å²) in [7, 11) is -8.31. The average molecular weight is 602 g/mol. The maximum absolute atomic E-state index is 13.1. The van der Waals surface area contributed by atoms with Crippen LogP contribution in [0.25, 0.3) is 0 Å². The first-order valence-electron chi connectivity index (χ1n) is 13.4. The van der Waals surface area contributed by atoms with Crippen LogP contribution in [0, 0.1) is 19.8 Å². The average Bonchev–Trinajstić information content (AvgIpc) is 2.96. The first-order valence-corrected chi connectivity index (χ1v) is 16.3. The highest BCUT2D eigenvalue weighted by atomic mass is 32.2. The van der Waals surface area contributed by atoms with E-state index >= 15 is 0 Å². The molecule has 0 bridgehead atoms. The lowest BCUT2D eigenvalue weighted by Gasteiger charge is -2.32. The number of amides is 1. The van der Waals surface area contributed by atoms with Crippen LogP contribution in [0.5, 0.6) is 0 Å². The van der Waals surface area contributed by atoms with E-state index in [0.717, 1.165) is 16.7 Å². The smallest absolute Gasteiger partial charge is 0.410 e. The van der Waals surface area contributed by atoms with Gasteiger partial charge in [0, 0.05) is 13.1 Å². The fourth-order valence-corrected chi connectivity index (χ4v) is 6.56. The molecule has 41 heavy (non-hydrogen) atoms. The van der Waals surface area contributed by atoms with Crippen LogP contribution in [0.1, 0.15) is 36.0 Å². The number of aryl methyl sites for hydroxylation is 2. The lowest BCUT2D eigenvalue weighted by molar-refractivity contribution is 0.0685. The minimum Gasteiger partial charge on any atom is -0.445 e. The highest BCUT2D eigenvalue weighted by molar-refractivity contribution is 7.87. The molecule has 1 atom stereocenters. The van der Waals surface area contributed by atoms with E-state index in [2.05, 4.69) is 0 Å². The second-order valence-corrected chi connectivity index (χ2v) is 13.4. The summed E-state index contributed by atoms with van der Waals surface area (Å²) in [6, 6.07) is 21.8. The Hall–Kier alpha value is -3.25. The highest BCUT2D eigenvalue weighted by Gasteiger charge is 2.30. The molecule has 0 aliphatic carbocycles. The number of carbonyl (C=O) groups excluding carboxylic acids is 1. The molecule has 9 nitrogen and oxygen atoms in total. The van der Waals surface area contributed by atoms with Crippen LogP contribution in [0.4, 0.5) is 4.79 Å². The van der Waals surface area contributed by atoms with Crippen molar-refractivity contribution < 1.29 is 34.7 Å².